The number of aliphatic hydroxyl groups is 1. The van der Waals surface area contributed by atoms with Gasteiger partial charge in [0.05, 0.1) is 0 Å². The van der Waals surface area contributed by atoms with Crippen LogP contribution in [-0.2, 0) is 11.2 Å². The molecular weight excluding hydrogens is 274 g/mol. The Morgan fingerprint density at radius 1 is 1.35 bits per heavy atom. The molecule has 1 fully saturated rings. The molecule has 2 rings (SSSR count). The summed E-state index contributed by atoms with van der Waals surface area (Å²) >= 11 is 5.83. The van der Waals surface area contributed by atoms with Crippen LogP contribution in [0.4, 0.5) is 0 Å². The number of aryl methyl sites for hydroxylation is 1. The van der Waals surface area contributed by atoms with E-state index in [1.807, 2.05) is 24.3 Å². The molecule has 4 heteroatoms. The minimum atomic E-state index is 0.101. The van der Waals surface area contributed by atoms with E-state index in [0.29, 0.717) is 18.8 Å². The van der Waals surface area contributed by atoms with Gasteiger partial charge in [0.1, 0.15) is 0 Å². The molecular formula is C16H22ClNO2. The number of carbonyl (C=O) groups is 1. The Hall–Kier alpha value is -1.06. The van der Waals surface area contributed by atoms with Crippen molar-refractivity contribution in [1.82, 2.24) is 5.32 Å². The van der Waals surface area contributed by atoms with Crippen LogP contribution in [0.2, 0.25) is 5.02 Å². The number of aliphatic hydroxyl groups excluding tert-OH is 1. The third-order valence-electron chi connectivity index (χ3n) is 3.76. The highest BCUT2D eigenvalue weighted by Crippen LogP contribution is 2.33. The number of rotatable bonds is 8. The predicted octanol–water partition coefficient (Wildman–Crippen LogP) is 2.94. The Morgan fingerprint density at radius 2 is 2.05 bits per heavy atom. The van der Waals surface area contributed by atoms with Crippen LogP contribution in [0.3, 0.4) is 0 Å². The lowest BCUT2D eigenvalue weighted by molar-refractivity contribution is -0.122. The molecule has 0 spiro atoms. The summed E-state index contributed by atoms with van der Waals surface area (Å²) in [6.45, 7) is 0.145. The molecule has 0 bridgehead atoms. The Labute approximate surface area is 125 Å². The number of amides is 1. The van der Waals surface area contributed by atoms with Gasteiger partial charge in [0.25, 0.3) is 0 Å². The zero-order valence-corrected chi connectivity index (χ0v) is 12.4. The summed E-state index contributed by atoms with van der Waals surface area (Å²) in [6.07, 6.45) is 5.29. The van der Waals surface area contributed by atoms with Crippen LogP contribution in [-0.4, -0.2) is 23.7 Å². The topological polar surface area (TPSA) is 49.3 Å². The van der Waals surface area contributed by atoms with Gasteiger partial charge in [-0.15, -0.1) is 0 Å². The van der Waals surface area contributed by atoms with Crippen molar-refractivity contribution in [2.45, 2.75) is 44.6 Å². The van der Waals surface area contributed by atoms with Gasteiger partial charge in [0.2, 0.25) is 5.91 Å². The molecule has 2 N–H and O–H groups in total. The molecule has 1 saturated carbocycles. The SMILES string of the molecule is O=C(CCCc1ccc(Cl)cc1)NC(CCO)C1CC1. The zero-order chi connectivity index (χ0) is 14.4. The molecule has 0 aromatic heterocycles. The molecule has 1 aromatic carbocycles. The fourth-order valence-electron chi connectivity index (χ4n) is 2.45. The lowest BCUT2D eigenvalue weighted by Crippen LogP contribution is -2.37. The third kappa shape index (κ3) is 5.14. The van der Waals surface area contributed by atoms with Crippen LogP contribution < -0.4 is 5.32 Å². The molecule has 0 radical (unpaired) electrons. The molecule has 0 aliphatic heterocycles. The maximum atomic E-state index is 11.9. The van der Waals surface area contributed by atoms with E-state index in [0.717, 1.165) is 17.9 Å². The van der Waals surface area contributed by atoms with Gasteiger partial charge in [0.15, 0.2) is 0 Å². The van der Waals surface area contributed by atoms with E-state index < -0.39 is 0 Å². The molecule has 1 amide bonds. The first-order valence-electron chi connectivity index (χ1n) is 7.33. The fourth-order valence-corrected chi connectivity index (χ4v) is 2.57. The number of hydrogen-bond donors (Lipinski definition) is 2. The van der Waals surface area contributed by atoms with Gasteiger partial charge < -0.3 is 10.4 Å². The van der Waals surface area contributed by atoms with Crippen LogP contribution in [0.1, 0.15) is 37.7 Å². The summed E-state index contributed by atoms with van der Waals surface area (Å²) in [5, 5.41) is 12.8. The summed E-state index contributed by atoms with van der Waals surface area (Å²) in [7, 11) is 0. The van der Waals surface area contributed by atoms with Gasteiger partial charge in [-0.25, -0.2) is 0 Å². The van der Waals surface area contributed by atoms with Crippen LogP contribution in [0.15, 0.2) is 24.3 Å². The molecule has 1 unspecified atom stereocenters. The number of carbonyl (C=O) groups excluding carboxylic acids is 1. The Balaban J connectivity index is 1.67. The van der Waals surface area contributed by atoms with Crippen LogP contribution in [0, 0.1) is 5.92 Å². The molecule has 3 nitrogen and oxygen atoms in total. The largest absolute Gasteiger partial charge is 0.396 e. The standard InChI is InChI=1S/C16H22ClNO2/c17-14-8-4-12(5-9-14)2-1-3-16(20)18-15(10-11-19)13-6-7-13/h4-5,8-9,13,15,19H,1-3,6-7,10-11H2,(H,18,20). The highest BCUT2D eigenvalue weighted by molar-refractivity contribution is 6.30. The van der Waals surface area contributed by atoms with Crippen molar-refractivity contribution in [3.8, 4) is 0 Å². The number of nitrogens with one attached hydrogen (secondary N) is 1. The molecule has 1 aromatic rings. The maximum Gasteiger partial charge on any atom is 0.220 e. The zero-order valence-electron chi connectivity index (χ0n) is 11.6. The Kier molecular flexibility index (Phi) is 5.86. The lowest BCUT2D eigenvalue weighted by atomic mass is 10.1. The lowest BCUT2D eigenvalue weighted by Gasteiger charge is -2.17. The average Bonchev–Trinajstić information content (AvgIpc) is 3.25. The van der Waals surface area contributed by atoms with E-state index >= 15 is 0 Å². The molecule has 1 aliphatic rings. The maximum absolute atomic E-state index is 11.9. The Bertz CT molecular complexity index is 429. The first-order valence-corrected chi connectivity index (χ1v) is 7.71. The van der Waals surface area contributed by atoms with E-state index in [1.54, 1.807) is 0 Å². The second kappa shape index (κ2) is 7.65. The molecule has 1 aliphatic carbocycles. The normalized spacial score (nSPS) is 15.9. The van der Waals surface area contributed by atoms with Gasteiger partial charge in [0, 0.05) is 24.1 Å². The van der Waals surface area contributed by atoms with Crippen molar-refractivity contribution >= 4 is 17.5 Å². The van der Waals surface area contributed by atoms with Gasteiger partial charge in [-0.3, -0.25) is 4.79 Å². The highest BCUT2D eigenvalue weighted by Gasteiger charge is 2.31. The summed E-state index contributed by atoms with van der Waals surface area (Å²) in [6, 6.07) is 7.92. The predicted molar refractivity (Wildman–Crippen MR) is 80.7 cm³/mol. The third-order valence-corrected chi connectivity index (χ3v) is 4.01. The Morgan fingerprint density at radius 3 is 2.65 bits per heavy atom. The molecule has 1 atom stereocenters. The number of benzene rings is 1. The smallest absolute Gasteiger partial charge is 0.220 e. The number of halogens is 1. The van der Waals surface area contributed by atoms with Crippen molar-refractivity contribution in [2.75, 3.05) is 6.61 Å². The van der Waals surface area contributed by atoms with Crippen molar-refractivity contribution in [2.24, 2.45) is 5.92 Å². The molecule has 0 heterocycles. The van der Waals surface area contributed by atoms with E-state index in [9.17, 15) is 4.79 Å². The summed E-state index contributed by atoms with van der Waals surface area (Å²) in [4.78, 5) is 11.9. The van der Waals surface area contributed by atoms with Crippen LogP contribution >= 0.6 is 11.6 Å². The number of hydrogen-bond acceptors (Lipinski definition) is 2. The second-order valence-electron chi connectivity index (χ2n) is 5.50. The average molecular weight is 296 g/mol. The van der Waals surface area contributed by atoms with Gasteiger partial charge in [-0.2, -0.15) is 0 Å². The first-order chi connectivity index (χ1) is 9.69. The van der Waals surface area contributed by atoms with Gasteiger partial charge in [-0.05, 0) is 55.7 Å². The first kappa shape index (κ1) is 15.3. The fraction of sp³-hybridized carbons (Fsp3) is 0.562. The molecule has 20 heavy (non-hydrogen) atoms. The van der Waals surface area contributed by atoms with Crippen molar-refractivity contribution in [3.05, 3.63) is 34.9 Å². The summed E-state index contributed by atoms with van der Waals surface area (Å²) < 4.78 is 0. The van der Waals surface area contributed by atoms with Crippen molar-refractivity contribution in [3.63, 3.8) is 0 Å². The summed E-state index contributed by atoms with van der Waals surface area (Å²) in [5.74, 6) is 0.687. The minimum Gasteiger partial charge on any atom is -0.396 e. The van der Waals surface area contributed by atoms with Crippen LogP contribution in [0.25, 0.3) is 0 Å². The monoisotopic (exact) mass is 295 g/mol. The second-order valence-corrected chi connectivity index (χ2v) is 5.94. The molecule has 110 valence electrons. The van der Waals surface area contributed by atoms with Crippen molar-refractivity contribution < 1.29 is 9.90 Å². The minimum absolute atomic E-state index is 0.101. The quantitative estimate of drug-likeness (QED) is 0.775. The van der Waals surface area contributed by atoms with Gasteiger partial charge >= 0.3 is 0 Å². The summed E-state index contributed by atoms with van der Waals surface area (Å²) in [5.41, 5.74) is 1.20. The molecule has 0 saturated heterocycles. The van der Waals surface area contributed by atoms with E-state index in [-0.39, 0.29) is 18.6 Å². The van der Waals surface area contributed by atoms with E-state index in [4.69, 9.17) is 16.7 Å². The van der Waals surface area contributed by atoms with Crippen LogP contribution in [0.5, 0.6) is 0 Å². The highest BCUT2D eigenvalue weighted by atomic mass is 35.5. The van der Waals surface area contributed by atoms with E-state index in [2.05, 4.69) is 5.32 Å². The van der Waals surface area contributed by atoms with Crippen molar-refractivity contribution in [1.29, 1.82) is 0 Å². The van der Waals surface area contributed by atoms with Gasteiger partial charge in [-0.1, -0.05) is 23.7 Å². The van der Waals surface area contributed by atoms with E-state index in [1.165, 1.54) is 18.4 Å².